The van der Waals surface area contributed by atoms with Crippen LogP contribution in [0.5, 0.6) is 0 Å². The molecular weight excluding hydrogens is 517 g/mol. The summed E-state index contributed by atoms with van der Waals surface area (Å²) >= 11 is 0. The molecule has 0 aromatic heterocycles. The predicted molar refractivity (Wildman–Crippen MR) is 151 cm³/mol. The van der Waals surface area contributed by atoms with E-state index in [4.69, 9.17) is 0 Å². The van der Waals surface area contributed by atoms with Crippen molar-refractivity contribution in [3.8, 4) is 0 Å². The van der Waals surface area contributed by atoms with Crippen molar-refractivity contribution in [2.75, 3.05) is 10.8 Å². The first-order valence-electron chi connectivity index (χ1n) is 12.8. The molecule has 0 bridgehead atoms. The van der Waals surface area contributed by atoms with Crippen molar-refractivity contribution in [1.82, 2.24) is 10.2 Å². The maximum atomic E-state index is 14.6. The Balaban J connectivity index is 2.09. The van der Waals surface area contributed by atoms with Crippen molar-refractivity contribution < 1.29 is 22.4 Å². The van der Waals surface area contributed by atoms with Crippen LogP contribution < -0.4 is 9.62 Å². The zero-order valence-corrected chi connectivity index (χ0v) is 24.0. The Kier molecular flexibility index (Phi) is 9.50. The maximum Gasteiger partial charge on any atom is 0.264 e. The monoisotopic (exact) mass is 553 g/mol. The van der Waals surface area contributed by atoms with Gasteiger partial charge in [-0.3, -0.25) is 13.9 Å². The number of halogens is 1. The van der Waals surface area contributed by atoms with Crippen LogP contribution in [0.2, 0.25) is 0 Å². The molecule has 208 valence electrons. The number of nitrogens with zero attached hydrogens (tertiary/aromatic N) is 2. The summed E-state index contributed by atoms with van der Waals surface area (Å²) < 4.78 is 43.6. The van der Waals surface area contributed by atoms with E-state index in [0.717, 1.165) is 15.4 Å². The molecule has 3 aromatic rings. The minimum atomic E-state index is -4.17. The number of nitrogens with one attached hydrogen (secondary N) is 1. The third-order valence-electron chi connectivity index (χ3n) is 6.63. The summed E-state index contributed by atoms with van der Waals surface area (Å²) in [6, 6.07) is 16.5. The minimum Gasteiger partial charge on any atom is -0.352 e. The van der Waals surface area contributed by atoms with Crippen LogP contribution in [0.25, 0.3) is 0 Å². The van der Waals surface area contributed by atoms with Gasteiger partial charge in [-0.05, 0) is 76.9 Å². The fourth-order valence-electron chi connectivity index (χ4n) is 4.15. The van der Waals surface area contributed by atoms with E-state index in [9.17, 15) is 22.4 Å². The largest absolute Gasteiger partial charge is 0.352 e. The number of sulfonamides is 1. The van der Waals surface area contributed by atoms with Crippen LogP contribution in [-0.4, -0.2) is 43.8 Å². The molecule has 0 aliphatic carbocycles. The highest BCUT2D eigenvalue weighted by atomic mass is 32.2. The standard InChI is InChI=1S/C30H36FN3O4S/c1-20(2)32-30(36)24(6)33(18-25-11-7-8-12-27(25)31)29(35)19-34(28-13-9-10-22(4)23(28)5)39(37,38)26-16-14-21(3)15-17-26/h7-17,20,24H,18-19H2,1-6H3,(H,32,36)/t24-/m1/s1. The summed E-state index contributed by atoms with van der Waals surface area (Å²) in [6.45, 7) is 9.87. The number of hydrogen-bond donors (Lipinski definition) is 1. The SMILES string of the molecule is Cc1ccc(S(=O)(=O)N(CC(=O)N(Cc2ccccc2F)[C@H](C)C(=O)NC(C)C)c2cccc(C)c2C)cc1. The normalized spacial score (nSPS) is 12.2. The third-order valence-corrected chi connectivity index (χ3v) is 8.40. The second kappa shape index (κ2) is 12.4. The molecule has 0 saturated heterocycles. The molecule has 0 saturated carbocycles. The molecule has 0 aliphatic heterocycles. The smallest absolute Gasteiger partial charge is 0.264 e. The number of hydrogen-bond acceptors (Lipinski definition) is 4. The van der Waals surface area contributed by atoms with E-state index in [-0.39, 0.29) is 23.0 Å². The fraction of sp³-hybridized carbons (Fsp3) is 0.333. The molecule has 9 heteroatoms. The molecule has 3 aromatic carbocycles. The number of anilines is 1. The highest BCUT2D eigenvalue weighted by Crippen LogP contribution is 2.29. The van der Waals surface area contributed by atoms with Crippen LogP contribution in [0.15, 0.2) is 71.6 Å². The van der Waals surface area contributed by atoms with Gasteiger partial charge in [0.05, 0.1) is 10.6 Å². The fourth-order valence-corrected chi connectivity index (χ4v) is 5.63. The average Bonchev–Trinajstić information content (AvgIpc) is 2.88. The summed E-state index contributed by atoms with van der Waals surface area (Å²) in [4.78, 5) is 28.1. The Hall–Kier alpha value is -3.72. The molecule has 1 atom stereocenters. The van der Waals surface area contributed by atoms with Crippen molar-refractivity contribution in [3.63, 3.8) is 0 Å². The van der Waals surface area contributed by atoms with E-state index in [1.807, 2.05) is 19.9 Å². The number of rotatable bonds is 10. The highest BCUT2D eigenvalue weighted by Gasteiger charge is 2.33. The molecule has 0 radical (unpaired) electrons. The van der Waals surface area contributed by atoms with Gasteiger partial charge < -0.3 is 10.2 Å². The van der Waals surface area contributed by atoms with E-state index < -0.39 is 40.2 Å². The van der Waals surface area contributed by atoms with Crippen molar-refractivity contribution in [2.24, 2.45) is 0 Å². The molecule has 0 spiro atoms. The van der Waals surface area contributed by atoms with Crippen LogP contribution in [0, 0.1) is 26.6 Å². The van der Waals surface area contributed by atoms with E-state index in [1.54, 1.807) is 58.0 Å². The summed E-state index contributed by atoms with van der Waals surface area (Å²) in [5, 5.41) is 2.78. The Morgan fingerprint density at radius 3 is 2.15 bits per heavy atom. The molecule has 7 nitrogen and oxygen atoms in total. The maximum absolute atomic E-state index is 14.6. The van der Waals surface area contributed by atoms with E-state index in [1.165, 1.54) is 35.2 Å². The summed E-state index contributed by atoms with van der Waals surface area (Å²) in [5.74, 6) is -1.58. The lowest BCUT2D eigenvalue weighted by Gasteiger charge is -2.33. The third kappa shape index (κ3) is 7.03. The van der Waals surface area contributed by atoms with Gasteiger partial charge in [0.1, 0.15) is 18.4 Å². The van der Waals surface area contributed by atoms with Gasteiger partial charge in [0, 0.05) is 18.2 Å². The van der Waals surface area contributed by atoms with Crippen molar-refractivity contribution in [3.05, 3.63) is 94.8 Å². The van der Waals surface area contributed by atoms with Gasteiger partial charge in [-0.1, -0.05) is 48.0 Å². The molecule has 0 fully saturated rings. The van der Waals surface area contributed by atoms with Crippen LogP contribution in [0.4, 0.5) is 10.1 Å². The van der Waals surface area contributed by atoms with E-state index >= 15 is 0 Å². The molecule has 0 unspecified atom stereocenters. The Labute approximate surface area is 230 Å². The van der Waals surface area contributed by atoms with Crippen molar-refractivity contribution in [2.45, 2.75) is 65.1 Å². The summed E-state index contributed by atoms with van der Waals surface area (Å²) in [5.41, 5.74) is 3.03. The van der Waals surface area contributed by atoms with Gasteiger partial charge in [-0.15, -0.1) is 0 Å². The van der Waals surface area contributed by atoms with Gasteiger partial charge >= 0.3 is 0 Å². The lowest BCUT2D eigenvalue weighted by molar-refractivity contribution is -0.139. The predicted octanol–water partition coefficient (Wildman–Crippen LogP) is 4.89. The highest BCUT2D eigenvalue weighted by molar-refractivity contribution is 7.92. The number of carbonyl (C=O) groups excluding carboxylic acids is 2. The number of amides is 2. The lowest BCUT2D eigenvalue weighted by Crippen LogP contribution is -2.52. The Morgan fingerprint density at radius 2 is 1.54 bits per heavy atom. The summed E-state index contributed by atoms with van der Waals surface area (Å²) in [6.07, 6.45) is 0. The molecule has 39 heavy (non-hydrogen) atoms. The van der Waals surface area contributed by atoms with E-state index in [2.05, 4.69) is 5.32 Å². The van der Waals surface area contributed by atoms with Crippen LogP contribution in [0.1, 0.15) is 43.0 Å². The quantitative estimate of drug-likeness (QED) is 0.387. The second-order valence-electron chi connectivity index (χ2n) is 10.00. The number of benzene rings is 3. The topological polar surface area (TPSA) is 86.8 Å². The Morgan fingerprint density at radius 1 is 0.897 bits per heavy atom. The van der Waals surface area contributed by atoms with Crippen LogP contribution in [-0.2, 0) is 26.2 Å². The Bertz CT molecular complexity index is 1440. The van der Waals surface area contributed by atoms with Crippen molar-refractivity contribution in [1.29, 1.82) is 0 Å². The number of carbonyl (C=O) groups is 2. The first-order chi connectivity index (χ1) is 18.3. The van der Waals surface area contributed by atoms with Gasteiger partial charge in [0.2, 0.25) is 11.8 Å². The van der Waals surface area contributed by atoms with Crippen molar-refractivity contribution >= 4 is 27.5 Å². The molecule has 0 aliphatic rings. The van der Waals surface area contributed by atoms with Crippen LogP contribution in [0.3, 0.4) is 0 Å². The van der Waals surface area contributed by atoms with Gasteiger partial charge in [0.15, 0.2) is 0 Å². The van der Waals surface area contributed by atoms with E-state index in [0.29, 0.717) is 11.3 Å². The molecular formula is C30H36FN3O4S. The first kappa shape index (κ1) is 29.8. The molecule has 1 N–H and O–H groups in total. The zero-order valence-electron chi connectivity index (χ0n) is 23.2. The molecule has 3 rings (SSSR count). The van der Waals surface area contributed by atoms with Gasteiger partial charge in [-0.2, -0.15) is 0 Å². The zero-order chi connectivity index (χ0) is 28.9. The minimum absolute atomic E-state index is 0.0352. The first-order valence-corrected chi connectivity index (χ1v) is 14.3. The average molecular weight is 554 g/mol. The summed E-state index contributed by atoms with van der Waals surface area (Å²) in [7, 11) is -4.17. The van der Waals surface area contributed by atoms with Crippen LogP contribution >= 0.6 is 0 Å². The van der Waals surface area contributed by atoms with Gasteiger partial charge in [0.25, 0.3) is 10.0 Å². The van der Waals surface area contributed by atoms with Gasteiger partial charge in [-0.25, -0.2) is 12.8 Å². The lowest BCUT2D eigenvalue weighted by atomic mass is 10.1. The molecule has 0 heterocycles. The second-order valence-corrected chi connectivity index (χ2v) is 11.9. The number of aryl methyl sites for hydroxylation is 2. The molecule has 2 amide bonds.